The predicted molar refractivity (Wildman–Crippen MR) is 111 cm³/mol. The first-order chi connectivity index (χ1) is 11.1. The van der Waals surface area contributed by atoms with Crippen molar-refractivity contribution in [3.8, 4) is 5.75 Å². The van der Waals surface area contributed by atoms with Crippen molar-refractivity contribution in [3.63, 3.8) is 0 Å². The van der Waals surface area contributed by atoms with Crippen molar-refractivity contribution in [2.75, 3.05) is 0 Å². The third kappa shape index (κ3) is 2.80. The van der Waals surface area contributed by atoms with E-state index in [1.54, 1.807) is 0 Å². The molecule has 0 aromatic heterocycles. The molecule has 126 valence electrons. The van der Waals surface area contributed by atoms with Gasteiger partial charge < -0.3 is 5.11 Å². The van der Waals surface area contributed by atoms with Crippen molar-refractivity contribution in [3.05, 3.63) is 59.2 Å². The van der Waals surface area contributed by atoms with Gasteiger partial charge in [0, 0.05) is 5.54 Å². The summed E-state index contributed by atoms with van der Waals surface area (Å²) in [6, 6.07) is 13.1. The minimum Gasteiger partial charge on any atom is -0.508 e. The van der Waals surface area contributed by atoms with E-state index in [0.717, 1.165) is 0 Å². The van der Waals surface area contributed by atoms with Gasteiger partial charge in [0.1, 0.15) is 5.75 Å². The van der Waals surface area contributed by atoms with Crippen LogP contribution in [0, 0.1) is 6.92 Å². The van der Waals surface area contributed by atoms with E-state index in [-0.39, 0.29) is 0 Å². The molecule has 0 saturated heterocycles. The van der Waals surface area contributed by atoms with Crippen molar-refractivity contribution in [2.45, 2.75) is 45.2 Å². The number of aryl methyl sites for hydroxylation is 1. The molecule has 0 spiro atoms. The molecule has 2 aromatic carbocycles. The molecule has 3 rings (SSSR count). The van der Waals surface area contributed by atoms with Crippen molar-refractivity contribution in [1.82, 2.24) is 0 Å². The Balaban J connectivity index is 2.15. The van der Waals surface area contributed by atoms with E-state index in [4.69, 9.17) is 0 Å². The molecule has 1 nitrogen and oxygen atoms in total. The smallest absolute Gasteiger partial charge is 0.114 e. The van der Waals surface area contributed by atoms with Gasteiger partial charge in [-0.05, 0) is 28.4 Å². The van der Waals surface area contributed by atoms with E-state index in [9.17, 15) is 5.11 Å². The van der Waals surface area contributed by atoms with E-state index in [0.29, 0.717) is 11.3 Å². The zero-order chi connectivity index (χ0) is 17.7. The molecule has 0 bridgehead atoms. The second-order valence-corrected chi connectivity index (χ2v) is 18.3. The SMILES string of the molecule is Cc1cc([Si](C)(C)C)c(O)c([Si](C)(C)C2C=Cc3ccccc32)c1. The Morgan fingerprint density at radius 1 is 0.917 bits per heavy atom. The van der Waals surface area contributed by atoms with Crippen molar-refractivity contribution in [2.24, 2.45) is 0 Å². The van der Waals surface area contributed by atoms with Crippen LogP contribution in [0.1, 0.15) is 22.2 Å². The summed E-state index contributed by atoms with van der Waals surface area (Å²) in [5.74, 6) is 0.578. The molecule has 0 amide bonds. The van der Waals surface area contributed by atoms with Gasteiger partial charge in [-0.2, -0.15) is 0 Å². The molecular weight excluding hydrogens is 324 g/mol. The van der Waals surface area contributed by atoms with Gasteiger partial charge in [-0.25, -0.2) is 0 Å². The summed E-state index contributed by atoms with van der Waals surface area (Å²) in [7, 11) is -3.47. The van der Waals surface area contributed by atoms with E-state index < -0.39 is 16.1 Å². The molecule has 1 aliphatic carbocycles. The van der Waals surface area contributed by atoms with E-state index in [2.05, 4.69) is 88.2 Å². The summed E-state index contributed by atoms with van der Waals surface area (Å²) in [6.45, 7) is 13.9. The fourth-order valence-corrected chi connectivity index (χ4v) is 8.82. The molecule has 1 atom stereocenters. The van der Waals surface area contributed by atoms with Gasteiger partial charge in [-0.1, -0.05) is 86.8 Å². The van der Waals surface area contributed by atoms with Gasteiger partial charge in [0.2, 0.25) is 0 Å². The lowest BCUT2D eigenvalue weighted by atomic mass is 10.1. The van der Waals surface area contributed by atoms with E-state index in [1.165, 1.54) is 27.1 Å². The zero-order valence-electron chi connectivity index (χ0n) is 15.6. The van der Waals surface area contributed by atoms with Crippen LogP contribution >= 0.6 is 0 Å². The van der Waals surface area contributed by atoms with E-state index in [1.807, 2.05) is 0 Å². The maximum absolute atomic E-state index is 11.1. The van der Waals surface area contributed by atoms with Crippen molar-refractivity contribution >= 4 is 32.6 Å². The first-order valence-electron chi connectivity index (χ1n) is 8.74. The highest BCUT2D eigenvalue weighted by Gasteiger charge is 2.39. The summed E-state index contributed by atoms with van der Waals surface area (Å²) < 4.78 is 0. The van der Waals surface area contributed by atoms with Gasteiger partial charge in [0.25, 0.3) is 0 Å². The number of rotatable bonds is 3. The third-order valence-corrected chi connectivity index (χ3v) is 11.2. The maximum atomic E-state index is 11.1. The second-order valence-electron chi connectivity index (χ2n) is 8.65. The Morgan fingerprint density at radius 2 is 1.54 bits per heavy atom. The van der Waals surface area contributed by atoms with Crippen LogP contribution in [0.15, 0.2) is 42.5 Å². The summed E-state index contributed by atoms with van der Waals surface area (Å²) in [5.41, 5.74) is 4.46. The molecule has 0 heterocycles. The van der Waals surface area contributed by atoms with Crippen LogP contribution in [0.2, 0.25) is 32.7 Å². The summed E-state index contributed by atoms with van der Waals surface area (Å²) in [5, 5.41) is 13.6. The molecule has 0 saturated carbocycles. The highest BCUT2D eigenvalue weighted by atomic mass is 28.3. The lowest BCUT2D eigenvalue weighted by Crippen LogP contribution is -2.50. The fourth-order valence-electron chi connectivity index (χ4n) is 3.89. The first-order valence-corrected chi connectivity index (χ1v) is 15.3. The summed E-state index contributed by atoms with van der Waals surface area (Å²) in [4.78, 5) is 0. The van der Waals surface area contributed by atoms with Gasteiger partial charge >= 0.3 is 0 Å². The number of aromatic hydroxyl groups is 1. The summed E-state index contributed by atoms with van der Waals surface area (Å²) >= 11 is 0. The fraction of sp³-hybridized carbons (Fsp3) is 0.333. The number of hydrogen-bond donors (Lipinski definition) is 1. The Kier molecular flexibility index (Phi) is 4.13. The minimum absolute atomic E-state index is 0.427. The van der Waals surface area contributed by atoms with Gasteiger partial charge in [-0.15, -0.1) is 0 Å². The molecule has 0 aliphatic heterocycles. The average molecular weight is 353 g/mol. The number of hydrogen-bond acceptors (Lipinski definition) is 1. The van der Waals surface area contributed by atoms with Gasteiger partial charge in [0.15, 0.2) is 0 Å². The van der Waals surface area contributed by atoms with Crippen LogP contribution in [0.25, 0.3) is 6.08 Å². The zero-order valence-corrected chi connectivity index (χ0v) is 17.6. The molecule has 1 N–H and O–H groups in total. The molecule has 3 heteroatoms. The molecule has 24 heavy (non-hydrogen) atoms. The Labute approximate surface area is 148 Å². The lowest BCUT2D eigenvalue weighted by Gasteiger charge is -2.33. The van der Waals surface area contributed by atoms with Crippen LogP contribution < -0.4 is 10.4 Å². The van der Waals surface area contributed by atoms with Crippen LogP contribution in [0.3, 0.4) is 0 Å². The summed E-state index contributed by atoms with van der Waals surface area (Å²) in [6.07, 6.45) is 4.61. The largest absolute Gasteiger partial charge is 0.508 e. The number of phenols is 1. The Hall–Kier alpha value is -1.59. The predicted octanol–water partition coefficient (Wildman–Crippen LogP) is 4.51. The van der Waals surface area contributed by atoms with Crippen LogP contribution in [0.4, 0.5) is 0 Å². The van der Waals surface area contributed by atoms with Crippen LogP contribution in [-0.2, 0) is 0 Å². The number of allylic oxidation sites excluding steroid dienone is 1. The molecule has 0 fully saturated rings. The Morgan fingerprint density at radius 3 is 2.21 bits per heavy atom. The monoisotopic (exact) mass is 352 g/mol. The molecule has 2 aromatic rings. The second kappa shape index (κ2) is 5.74. The quantitative estimate of drug-likeness (QED) is 0.806. The molecule has 1 unspecified atom stereocenters. The van der Waals surface area contributed by atoms with E-state index >= 15 is 0 Å². The Bertz CT molecular complexity index is 813. The molecule has 0 radical (unpaired) electrons. The highest BCUT2D eigenvalue weighted by molar-refractivity contribution is 6.94. The molecule has 1 aliphatic rings. The third-order valence-electron chi connectivity index (χ3n) is 5.33. The molecular formula is C21H28OSi2. The maximum Gasteiger partial charge on any atom is 0.114 e. The van der Waals surface area contributed by atoms with Crippen LogP contribution in [-0.4, -0.2) is 21.3 Å². The topological polar surface area (TPSA) is 20.2 Å². The van der Waals surface area contributed by atoms with Gasteiger partial charge in [0.05, 0.1) is 16.1 Å². The first kappa shape index (κ1) is 17.2. The normalized spacial score (nSPS) is 17.2. The number of benzene rings is 2. The number of fused-ring (bicyclic) bond motifs is 1. The standard InChI is InChI=1S/C21H28OSi2/c1-15-13-19(23(2,3)4)21(22)20(14-15)24(5,6)18-12-11-16-9-7-8-10-17(16)18/h7-14,18,22H,1-6H3. The minimum atomic E-state index is -1.90. The lowest BCUT2D eigenvalue weighted by molar-refractivity contribution is 0.483. The average Bonchev–Trinajstić information content (AvgIpc) is 2.92. The van der Waals surface area contributed by atoms with Crippen LogP contribution in [0.5, 0.6) is 5.75 Å². The van der Waals surface area contributed by atoms with Crippen molar-refractivity contribution < 1.29 is 5.11 Å². The van der Waals surface area contributed by atoms with Gasteiger partial charge in [-0.3, -0.25) is 0 Å². The number of phenolic OH excluding ortho intramolecular Hbond substituents is 1. The highest BCUT2D eigenvalue weighted by Crippen LogP contribution is 2.37. The van der Waals surface area contributed by atoms with Crippen molar-refractivity contribution in [1.29, 1.82) is 0 Å².